The third-order valence-corrected chi connectivity index (χ3v) is 5.72. The van der Waals surface area contributed by atoms with Crippen LogP contribution in [0.1, 0.15) is 26.2 Å². The maximum absolute atomic E-state index is 12.5. The van der Waals surface area contributed by atoms with Crippen LogP contribution in [0.3, 0.4) is 0 Å². The van der Waals surface area contributed by atoms with E-state index in [9.17, 15) is 13.2 Å². The summed E-state index contributed by atoms with van der Waals surface area (Å²) >= 11 is 0. The Hall–Kier alpha value is -1.19. The smallest absolute Gasteiger partial charge is 0.241 e. The van der Waals surface area contributed by atoms with Crippen molar-refractivity contribution in [3.63, 3.8) is 0 Å². The quantitative estimate of drug-likeness (QED) is 0.637. The zero-order chi connectivity index (χ0) is 18.4. The number of rotatable bonds is 7. The number of primary sulfonamides is 1. The van der Waals surface area contributed by atoms with E-state index in [1.807, 2.05) is 14.0 Å². The molecule has 1 aliphatic rings. The van der Waals surface area contributed by atoms with Gasteiger partial charge in [-0.15, -0.1) is 12.4 Å². The lowest BCUT2D eigenvalue weighted by Crippen LogP contribution is -2.46. The van der Waals surface area contributed by atoms with Gasteiger partial charge >= 0.3 is 0 Å². The number of nitrogens with two attached hydrogens (primary N) is 1. The summed E-state index contributed by atoms with van der Waals surface area (Å²) in [4.78, 5) is 14.6. The zero-order valence-electron chi connectivity index (χ0n) is 15.3. The standard InChI is InChI=1S/C17H28N4O3S.ClH/c1-13(21-10-7-14(8-11-21)6-9-19-2)17(22)20-15-4-3-5-16(12-15)25(18,23)24;/h3-5,12-14,19H,6-11H2,1-2H3,(H,20,22)(H2,18,23,24);1H. The number of likely N-dealkylation sites (tertiary alicyclic amines) is 1. The van der Waals surface area contributed by atoms with Crippen LogP contribution in [0.4, 0.5) is 5.69 Å². The Morgan fingerprint density at radius 1 is 1.35 bits per heavy atom. The molecule has 26 heavy (non-hydrogen) atoms. The van der Waals surface area contributed by atoms with Gasteiger partial charge in [-0.05, 0) is 77.0 Å². The summed E-state index contributed by atoms with van der Waals surface area (Å²) in [6.07, 6.45) is 3.37. The minimum atomic E-state index is -3.78. The molecule has 0 aromatic heterocycles. The van der Waals surface area contributed by atoms with Crippen molar-refractivity contribution in [2.45, 2.75) is 37.1 Å². The van der Waals surface area contributed by atoms with E-state index < -0.39 is 10.0 Å². The first-order valence-electron chi connectivity index (χ1n) is 8.63. The van der Waals surface area contributed by atoms with Crippen LogP contribution >= 0.6 is 12.4 Å². The number of hydrogen-bond donors (Lipinski definition) is 3. The van der Waals surface area contributed by atoms with Gasteiger partial charge in [0.15, 0.2) is 0 Å². The number of piperidine rings is 1. The lowest BCUT2D eigenvalue weighted by molar-refractivity contribution is -0.121. The summed E-state index contributed by atoms with van der Waals surface area (Å²) in [5, 5.41) is 11.1. The summed E-state index contributed by atoms with van der Waals surface area (Å²) in [7, 11) is -1.82. The van der Waals surface area contributed by atoms with Crippen LogP contribution in [0, 0.1) is 5.92 Å². The van der Waals surface area contributed by atoms with E-state index in [-0.39, 0.29) is 29.3 Å². The molecule has 1 heterocycles. The highest BCUT2D eigenvalue weighted by Gasteiger charge is 2.26. The Balaban J connectivity index is 0.00000338. The van der Waals surface area contributed by atoms with Crippen LogP contribution in [0.2, 0.25) is 0 Å². The van der Waals surface area contributed by atoms with E-state index in [4.69, 9.17) is 5.14 Å². The Morgan fingerprint density at radius 2 is 2.00 bits per heavy atom. The van der Waals surface area contributed by atoms with Crippen molar-refractivity contribution < 1.29 is 13.2 Å². The van der Waals surface area contributed by atoms with Crippen LogP contribution in [0.15, 0.2) is 29.2 Å². The second kappa shape index (κ2) is 10.2. The van der Waals surface area contributed by atoms with Crippen molar-refractivity contribution in [1.29, 1.82) is 0 Å². The highest BCUT2D eigenvalue weighted by molar-refractivity contribution is 7.89. The molecule has 148 valence electrons. The number of amides is 1. The van der Waals surface area contributed by atoms with Crippen molar-refractivity contribution in [1.82, 2.24) is 10.2 Å². The van der Waals surface area contributed by atoms with Crippen LogP contribution in [0.25, 0.3) is 0 Å². The fourth-order valence-electron chi connectivity index (χ4n) is 3.14. The summed E-state index contributed by atoms with van der Waals surface area (Å²) in [5.74, 6) is 0.575. The average Bonchev–Trinajstić information content (AvgIpc) is 2.59. The molecule has 0 bridgehead atoms. The highest BCUT2D eigenvalue weighted by Crippen LogP contribution is 2.22. The van der Waals surface area contributed by atoms with E-state index in [0.717, 1.165) is 32.5 Å². The van der Waals surface area contributed by atoms with E-state index in [2.05, 4.69) is 15.5 Å². The molecule has 1 atom stereocenters. The number of halogens is 1. The number of carbonyl (C=O) groups is 1. The number of hydrogen-bond acceptors (Lipinski definition) is 5. The molecular formula is C17H29ClN4O3S. The maximum Gasteiger partial charge on any atom is 0.241 e. The number of benzene rings is 1. The minimum Gasteiger partial charge on any atom is -0.325 e. The maximum atomic E-state index is 12.5. The van der Waals surface area contributed by atoms with Gasteiger partial charge < -0.3 is 10.6 Å². The van der Waals surface area contributed by atoms with Gasteiger partial charge in [-0.2, -0.15) is 0 Å². The predicted octanol–water partition coefficient (Wildman–Crippen LogP) is 1.40. The Kier molecular flexibility index (Phi) is 8.99. The number of carbonyl (C=O) groups excluding carboxylic acids is 1. The van der Waals surface area contributed by atoms with Crippen LogP contribution in [-0.4, -0.2) is 51.9 Å². The van der Waals surface area contributed by atoms with Crippen LogP contribution in [-0.2, 0) is 14.8 Å². The van der Waals surface area contributed by atoms with Crippen molar-refractivity contribution in [2.24, 2.45) is 11.1 Å². The first kappa shape index (κ1) is 22.9. The average molecular weight is 405 g/mol. The van der Waals surface area contributed by atoms with Crippen molar-refractivity contribution in [2.75, 3.05) is 32.0 Å². The lowest BCUT2D eigenvalue weighted by atomic mass is 9.93. The number of nitrogens with one attached hydrogen (secondary N) is 2. The molecular weight excluding hydrogens is 376 g/mol. The van der Waals surface area contributed by atoms with Gasteiger partial charge in [0.1, 0.15) is 0 Å². The number of anilines is 1. The van der Waals surface area contributed by atoms with Gasteiger partial charge in [-0.3, -0.25) is 9.69 Å². The van der Waals surface area contributed by atoms with Crippen molar-refractivity contribution in [3.05, 3.63) is 24.3 Å². The fraction of sp³-hybridized carbons (Fsp3) is 0.588. The zero-order valence-corrected chi connectivity index (χ0v) is 16.9. The van der Waals surface area contributed by atoms with Crippen LogP contribution in [0.5, 0.6) is 0 Å². The van der Waals surface area contributed by atoms with Gasteiger partial charge in [-0.25, -0.2) is 13.6 Å². The number of nitrogens with zero attached hydrogens (tertiary/aromatic N) is 1. The van der Waals surface area contributed by atoms with E-state index in [1.54, 1.807) is 12.1 Å². The molecule has 4 N–H and O–H groups in total. The topological polar surface area (TPSA) is 105 Å². The van der Waals surface area contributed by atoms with Crippen LogP contribution < -0.4 is 15.8 Å². The van der Waals surface area contributed by atoms with E-state index in [0.29, 0.717) is 11.6 Å². The van der Waals surface area contributed by atoms with E-state index in [1.165, 1.54) is 18.6 Å². The molecule has 1 unspecified atom stereocenters. The lowest BCUT2D eigenvalue weighted by Gasteiger charge is -2.35. The SMILES string of the molecule is CNCCC1CCN(C(C)C(=O)Nc2cccc(S(N)(=O)=O)c2)CC1.Cl. The van der Waals surface area contributed by atoms with Gasteiger partial charge in [0.2, 0.25) is 15.9 Å². The van der Waals surface area contributed by atoms with Gasteiger partial charge in [0, 0.05) is 5.69 Å². The molecule has 0 aliphatic carbocycles. The molecule has 1 aromatic carbocycles. The highest BCUT2D eigenvalue weighted by atomic mass is 35.5. The second-order valence-electron chi connectivity index (χ2n) is 6.61. The molecule has 0 radical (unpaired) electrons. The van der Waals surface area contributed by atoms with Crippen molar-refractivity contribution >= 4 is 34.0 Å². The molecule has 7 nitrogen and oxygen atoms in total. The predicted molar refractivity (Wildman–Crippen MR) is 106 cm³/mol. The third-order valence-electron chi connectivity index (χ3n) is 4.81. The molecule has 0 spiro atoms. The van der Waals surface area contributed by atoms with Crippen molar-refractivity contribution in [3.8, 4) is 0 Å². The summed E-state index contributed by atoms with van der Waals surface area (Å²) < 4.78 is 22.8. The Bertz CT molecular complexity index is 691. The summed E-state index contributed by atoms with van der Waals surface area (Å²) in [5.41, 5.74) is 0.437. The van der Waals surface area contributed by atoms with E-state index >= 15 is 0 Å². The first-order chi connectivity index (χ1) is 11.8. The first-order valence-corrected chi connectivity index (χ1v) is 10.2. The summed E-state index contributed by atoms with van der Waals surface area (Å²) in [6, 6.07) is 5.74. The molecule has 2 rings (SSSR count). The molecule has 1 fully saturated rings. The third kappa shape index (κ3) is 6.51. The van der Waals surface area contributed by atoms with Gasteiger partial charge in [-0.1, -0.05) is 6.07 Å². The molecule has 1 amide bonds. The Morgan fingerprint density at radius 3 is 2.58 bits per heavy atom. The largest absolute Gasteiger partial charge is 0.325 e. The molecule has 1 aromatic rings. The molecule has 0 saturated carbocycles. The fourth-order valence-corrected chi connectivity index (χ4v) is 3.70. The second-order valence-corrected chi connectivity index (χ2v) is 8.17. The number of sulfonamides is 1. The minimum absolute atomic E-state index is 0. The monoisotopic (exact) mass is 404 g/mol. The van der Waals surface area contributed by atoms with Gasteiger partial charge in [0.05, 0.1) is 10.9 Å². The summed E-state index contributed by atoms with van der Waals surface area (Å²) in [6.45, 7) is 4.72. The van der Waals surface area contributed by atoms with Gasteiger partial charge in [0.25, 0.3) is 0 Å². The normalized spacial score (nSPS) is 17.3. The molecule has 1 saturated heterocycles. The Labute approximate surface area is 162 Å². The molecule has 9 heteroatoms. The molecule has 1 aliphatic heterocycles.